The molecule has 0 bridgehead atoms. The maximum absolute atomic E-state index is 12.6. The molecule has 3 heterocycles. The normalized spacial score (nSPS) is 22.2. The summed E-state index contributed by atoms with van der Waals surface area (Å²) < 4.78 is 52.3. The molecule has 3 rings (SSSR count). The standard InChI is InChI=1S/C35H64ClN5O11P2S/c1-4-6-8-10-11-12-13-14-16-18-23-55-28(20-17-15-9-7-5-2)26(3)48-21-19-22-49-53(44,45)52-54(46,47)50-24-27-30(42)31(43)34(51-27)41-25-38-29-32(37)39-35(36)40-33(29)41/h25-28,30-31,34,42-43H,4-24H2,1-3H3,(H,44,45)(H,46,47)(H2,37,39,40)/t26?,27-,28?,30-,31-,34-/m1/s1. The van der Waals surface area contributed by atoms with E-state index in [1.807, 2.05) is 11.8 Å². The Hall–Kier alpha value is -0.910. The summed E-state index contributed by atoms with van der Waals surface area (Å²) in [5, 5.41) is 21.3. The van der Waals surface area contributed by atoms with Gasteiger partial charge in [0.05, 0.1) is 25.6 Å². The highest BCUT2D eigenvalue weighted by molar-refractivity contribution is 7.99. The van der Waals surface area contributed by atoms with Gasteiger partial charge in [0.15, 0.2) is 17.7 Å². The number of hydrogen-bond acceptors (Lipinski definition) is 14. The van der Waals surface area contributed by atoms with Crippen LogP contribution >= 0.6 is 39.0 Å². The van der Waals surface area contributed by atoms with Crippen LogP contribution in [0.1, 0.15) is 136 Å². The lowest BCUT2D eigenvalue weighted by molar-refractivity contribution is -0.0504. The highest BCUT2D eigenvalue weighted by Crippen LogP contribution is 2.60. The molecule has 2 aromatic heterocycles. The molecule has 2 aromatic rings. The van der Waals surface area contributed by atoms with Crippen LogP contribution in [0.4, 0.5) is 5.82 Å². The quantitative estimate of drug-likeness (QED) is 0.0274. The number of imidazole rings is 1. The number of ether oxygens (including phenoxy) is 2. The number of phosphoric ester groups is 2. The predicted molar refractivity (Wildman–Crippen MR) is 215 cm³/mol. The van der Waals surface area contributed by atoms with Crippen LogP contribution in [0.5, 0.6) is 0 Å². The fourth-order valence-corrected chi connectivity index (χ4v) is 10.0. The molecule has 0 radical (unpaired) electrons. The number of aromatic nitrogens is 4. The van der Waals surface area contributed by atoms with Gasteiger partial charge in [-0.1, -0.05) is 104 Å². The Morgan fingerprint density at radius 1 is 0.873 bits per heavy atom. The average Bonchev–Trinajstić information content (AvgIpc) is 3.67. The molecular formula is C35H64ClN5O11P2S. The van der Waals surface area contributed by atoms with E-state index in [1.165, 1.54) is 101 Å². The molecule has 318 valence electrons. The number of hydrogen-bond donors (Lipinski definition) is 5. The Labute approximate surface area is 335 Å². The number of aliphatic hydroxyl groups excluding tert-OH is 2. The molecule has 55 heavy (non-hydrogen) atoms. The van der Waals surface area contributed by atoms with E-state index in [0.717, 1.165) is 18.6 Å². The summed E-state index contributed by atoms with van der Waals surface area (Å²) in [5.74, 6) is 1.08. The lowest BCUT2D eigenvalue weighted by Crippen LogP contribution is -2.33. The second-order valence-corrected chi connectivity index (χ2v) is 18.8. The van der Waals surface area contributed by atoms with Crippen molar-refractivity contribution in [2.75, 3.05) is 31.3 Å². The fraction of sp³-hybridized carbons (Fsp3) is 0.857. The number of nitrogens with two attached hydrogens (primary N) is 1. The van der Waals surface area contributed by atoms with Crippen LogP contribution in [0.2, 0.25) is 5.28 Å². The van der Waals surface area contributed by atoms with Crippen LogP contribution in [0.25, 0.3) is 11.2 Å². The zero-order valence-corrected chi connectivity index (χ0v) is 35.9. The maximum Gasteiger partial charge on any atom is 0.481 e. The van der Waals surface area contributed by atoms with Crippen molar-refractivity contribution in [1.29, 1.82) is 0 Å². The summed E-state index contributed by atoms with van der Waals surface area (Å²) in [6.45, 7) is 5.71. The summed E-state index contributed by atoms with van der Waals surface area (Å²) in [6.07, 6.45) is 15.9. The molecule has 8 atom stereocenters. The van der Waals surface area contributed by atoms with Crippen molar-refractivity contribution in [2.45, 2.75) is 166 Å². The van der Waals surface area contributed by atoms with Gasteiger partial charge in [0.25, 0.3) is 0 Å². The summed E-state index contributed by atoms with van der Waals surface area (Å²) in [7, 11) is -10.2. The Morgan fingerprint density at radius 3 is 2.13 bits per heavy atom. The van der Waals surface area contributed by atoms with Crippen LogP contribution in [0, 0.1) is 0 Å². The number of anilines is 1. The Balaban J connectivity index is 1.37. The van der Waals surface area contributed by atoms with Gasteiger partial charge in [0, 0.05) is 11.9 Å². The van der Waals surface area contributed by atoms with Gasteiger partial charge in [-0.25, -0.2) is 14.1 Å². The minimum Gasteiger partial charge on any atom is -0.387 e. The van der Waals surface area contributed by atoms with Crippen LogP contribution in [0.3, 0.4) is 0 Å². The molecule has 0 amide bonds. The number of fused-ring (bicyclic) bond motifs is 1. The van der Waals surface area contributed by atoms with E-state index in [2.05, 4.69) is 40.0 Å². The number of phosphoric acid groups is 2. The molecule has 16 nitrogen and oxygen atoms in total. The number of aliphatic hydroxyl groups is 2. The third-order valence-electron chi connectivity index (χ3n) is 9.51. The van der Waals surface area contributed by atoms with E-state index in [9.17, 15) is 29.1 Å². The second kappa shape index (κ2) is 25.5. The van der Waals surface area contributed by atoms with Crippen LogP contribution in [0.15, 0.2) is 6.33 Å². The minimum absolute atomic E-state index is 0.0148. The topological polar surface area (TPSA) is 231 Å². The number of unbranched alkanes of at least 4 members (excludes halogenated alkanes) is 13. The zero-order valence-electron chi connectivity index (χ0n) is 32.6. The van der Waals surface area contributed by atoms with Crippen molar-refractivity contribution in [2.24, 2.45) is 0 Å². The highest BCUT2D eigenvalue weighted by Gasteiger charge is 2.46. The van der Waals surface area contributed by atoms with Gasteiger partial charge in [0.1, 0.15) is 23.8 Å². The lowest BCUT2D eigenvalue weighted by Gasteiger charge is -2.24. The molecular weight excluding hydrogens is 796 g/mol. The van der Waals surface area contributed by atoms with Crippen LogP contribution < -0.4 is 5.73 Å². The summed E-state index contributed by atoms with van der Waals surface area (Å²) in [5.41, 5.74) is 6.11. The summed E-state index contributed by atoms with van der Waals surface area (Å²) in [4.78, 5) is 32.2. The van der Waals surface area contributed by atoms with E-state index in [-0.39, 0.29) is 48.0 Å². The van der Waals surface area contributed by atoms with E-state index >= 15 is 0 Å². The van der Waals surface area contributed by atoms with Gasteiger partial charge < -0.3 is 35.2 Å². The molecule has 0 aromatic carbocycles. The van der Waals surface area contributed by atoms with Crippen LogP contribution in [-0.4, -0.2) is 94.8 Å². The Kier molecular flexibility index (Phi) is 22.5. The molecule has 4 unspecified atom stereocenters. The van der Waals surface area contributed by atoms with Crippen molar-refractivity contribution >= 4 is 56.0 Å². The molecule has 0 aliphatic carbocycles. The molecule has 0 saturated carbocycles. The molecule has 6 N–H and O–H groups in total. The molecule has 20 heteroatoms. The van der Waals surface area contributed by atoms with Gasteiger partial charge in [-0.3, -0.25) is 13.6 Å². The van der Waals surface area contributed by atoms with Crippen LogP contribution in [-0.2, 0) is 32.0 Å². The minimum atomic E-state index is -5.19. The zero-order chi connectivity index (χ0) is 40.3. The monoisotopic (exact) mass is 859 g/mol. The van der Waals surface area contributed by atoms with Gasteiger partial charge in [-0.2, -0.15) is 26.0 Å². The number of rotatable bonds is 31. The highest BCUT2D eigenvalue weighted by atomic mass is 35.5. The first-order chi connectivity index (χ1) is 26.3. The molecule has 1 aliphatic heterocycles. The number of halogens is 1. The molecule has 1 saturated heterocycles. The van der Waals surface area contributed by atoms with Gasteiger partial charge in [0.2, 0.25) is 5.28 Å². The number of nitrogen functional groups attached to an aromatic ring is 1. The first-order valence-corrected chi connectivity index (χ1v) is 24.3. The van der Waals surface area contributed by atoms with E-state index in [1.54, 1.807) is 0 Å². The third kappa shape index (κ3) is 17.5. The van der Waals surface area contributed by atoms with Gasteiger partial charge in [-0.05, 0) is 43.5 Å². The van der Waals surface area contributed by atoms with Crippen molar-refractivity contribution in [1.82, 2.24) is 19.5 Å². The van der Waals surface area contributed by atoms with E-state index < -0.39 is 46.8 Å². The van der Waals surface area contributed by atoms with Crippen molar-refractivity contribution in [3.05, 3.63) is 11.6 Å². The fourth-order valence-electron chi connectivity index (χ4n) is 6.38. The number of thioether (sulfide) groups is 1. The summed E-state index contributed by atoms with van der Waals surface area (Å²) >= 11 is 7.87. The van der Waals surface area contributed by atoms with Gasteiger partial charge in [-0.15, -0.1) is 0 Å². The second-order valence-electron chi connectivity index (χ2n) is 14.1. The van der Waals surface area contributed by atoms with Crippen molar-refractivity contribution in [3.8, 4) is 0 Å². The van der Waals surface area contributed by atoms with E-state index in [0.29, 0.717) is 5.25 Å². The summed E-state index contributed by atoms with van der Waals surface area (Å²) in [6, 6.07) is 0. The predicted octanol–water partition coefficient (Wildman–Crippen LogP) is 8.11. The first kappa shape index (κ1) is 48.5. The molecule has 0 spiro atoms. The largest absolute Gasteiger partial charge is 0.481 e. The third-order valence-corrected chi connectivity index (χ3v) is 13.9. The first-order valence-electron chi connectivity index (χ1n) is 19.8. The number of nitrogens with zero attached hydrogens (tertiary/aromatic N) is 4. The Morgan fingerprint density at radius 2 is 1.47 bits per heavy atom. The lowest BCUT2D eigenvalue weighted by atomic mass is 10.1. The van der Waals surface area contributed by atoms with E-state index in [4.69, 9.17) is 35.9 Å². The smallest absolute Gasteiger partial charge is 0.387 e. The maximum atomic E-state index is 12.6. The molecule has 1 fully saturated rings. The van der Waals surface area contributed by atoms with Crippen molar-refractivity contribution in [3.63, 3.8) is 0 Å². The van der Waals surface area contributed by atoms with Gasteiger partial charge >= 0.3 is 15.6 Å². The average molecular weight is 860 g/mol. The molecule has 1 aliphatic rings. The SMILES string of the molecule is CCCCCCCCCCCCSC(CCCCCCC)C(C)OCCCOP(=O)(O)OP(=O)(O)OC[C@H]1O[C@@H](n2cnc3c(N)nc(Cl)nc32)[C@H](O)[C@@H]1O. The Bertz CT molecular complexity index is 1480. The van der Waals surface area contributed by atoms with Crippen molar-refractivity contribution < 1.29 is 52.0 Å².